The van der Waals surface area contributed by atoms with E-state index in [0.717, 1.165) is 0 Å². The van der Waals surface area contributed by atoms with Crippen LogP contribution in [0.2, 0.25) is 0 Å². The lowest BCUT2D eigenvalue weighted by molar-refractivity contribution is -0.158. The van der Waals surface area contributed by atoms with Crippen LogP contribution in [-0.2, 0) is 0 Å². The van der Waals surface area contributed by atoms with Crippen molar-refractivity contribution in [3.8, 4) is 16.9 Å². The number of rotatable bonds is 4. The average molecular weight is 278 g/mol. The Hall–Kier alpha value is -2.50. The van der Waals surface area contributed by atoms with Crippen molar-refractivity contribution in [2.24, 2.45) is 5.73 Å². The van der Waals surface area contributed by atoms with E-state index < -0.39 is 12.0 Å². The van der Waals surface area contributed by atoms with Gasteiger partial charge in [-0.05, 0) is 23.8 Å². The Kier molecular flexibility index (Phi) is 3.65. The van der Waals surface area contributed by atoms with Crippen LogP contribution in [0.1, 0.15) is 17.3 Å². The van der Waals surface area contributed by atoms with Gasteiger partial charge in [0.25, 0.3) is 0 Å². The molecule has 0 saturated carbocycles. The standard InChI is InChI=1S/C14H12F2N2O2/c1-14(15,16)20-12-4-2-9(3-5-12)10-6-11(13(17)19)8-18-7-10/h2-8H,1H3,(H2,17,19). The summed E-state index contributed by atoms with van der Waals surface area (Å²) < 4.78 is 29.8. The Balaban J connectivity index is 2.26. The fraction of sp³-hybridized carbons (Fsp3) is 0.143. The third-order valence-electron chi connectivity index (χ3n) is 2.51. The molecule has 104 valence electrons. The highest BCUT2D eigenvalue weighted by Crippen LogP contribution is 2.25. The summed E-state index contributed by atoms with van der Waals surface area (Å²) in [5, 5.41) is 0. The number of benzene rings is 1. The smallest absolute Gasteiger partial charge is 0.394 e. The Morgan fingerprint density at radius 1 is 1.20 bits per heavy atom. The summed E-state index contributed by atoms with van der Waals surface area (Å²) in [6, 6.07) is 7.62. The number of aromatic nitrogens is 1. The third-order valence-corrected chi connectivity index (χ3v) is 2.51. The quantitative estimate of drug-likeness (QED) is 0.935. The van der Waals surface area contributed by atoms with Gasteiger partial charge in [-0.3, -0.25) is 9.78 Å². The lowest BCUT2D eigenvalue weighted by atomic mass is 10.1. The number of carbonyl (C=O) groups is 1. The van der Waals surface area contributed by atoms with Gasteiger partial charge >= 0.3 is 6.11 Å². The summed E-state index contributed by atoms with van der Waals surface area (Å²) in [7, 11) is 0. The van der Waals surface area contributed by atoms with E-state index >= 15 is 0 Å². The first-order chi connectivity index (χ1) is 9.35. The topological polar surface area (TPSA) is 65.2 Å². The molecule has 1 amide bonds. The fourth-order valence-corrected chi connectivity index (χ4v) is 1.65. The summed E-state index contributed by atoms with van der Waals surface area (Å²) in [5.74, 6) is -0.523. The molecule has 20 heavy (non-hydrogen) atoms. The molecule has 2 rings (SSSR count). The second kappa shape index (κ2) is 5.24. The number of halogens is 2. The molecule has 0 aliphatic heterocycles. The SMILES string of the molecule is CC(F)(F)Oc1ccc(-c2cncc(C(N)=O)c2)cc1. The van der Waals surface area contributed by atoms with Crippen LogP contribution in [0.3, 0.4) is 0 Å². The Morgan fingerprint density at radius 2 is 1.85 bits per heavy atom. The number of hydrogen-bond acceptors (Lipinski definition) is 3. The van der Waals surface area contributed by atoms with Gasteiger partial charge in [-0.2, -0.15) is 8.78 Å². The zero-order chi connectivity index (χ0) is 14.8. The average Bonchev–Trinajstić information content (AvgIpc) is 2.38. The maximum absolute atomic E-state index is 12.7. The molecule has 0 unspecified atom stereocenters. The minimum absolute atomic E-state index is 0.0558. The number of nitrogens with zero attached hydrogens (tertiary/aromatic N) is 1. The lowest BCUT2D eigenvalue weighted by Gasteiger charge is -2.13. The Labute approximate surface area is 114 Å². The van der Waals surface area contributed by atoms with E-state index in [-0.39, 0.29) is 11.3 Å². The van der Waals surface area contributed by atoms with Gasteiger partial charge in [0.1, 0.15) is 5.75 Å². The summed E-state index contributed by atoms with van der Waals surface area (Å²) in [4.78, 5) is 15.0. The van der Waals surface area contributed by atoms with Gasteiger partial charge < -0.3 is 10.5 Å². The molecule has 4 nitrogen and oxygen atoms in total. The maximum Gasteiger partial charge on any atom is 0.394 e. The van der Waals surface area contributed by atoms with Crippen molar-refractivity contribution >= 4 is 5.91 Å². The first-order valence-corrected chi connectivity index (χ1v) is 5.77. The minimum atomic E-state index is -3.23. The molecule has 0 spiro atoms. The van der Waals surface area contributed by atoms with Crippen LogP contribution in [0.5, 0.6) is 5.75 Å². The highest BCUT2D eigenvalue weighted by Gasteiger charge is 2.22. The van der Waals surface area contributed by atoms with E-state index in [1.807, 2.05) is 0 Å². The van der Waals surface area contributed by atoms with Gasteiger partial charge in [-0.15, -0.1) is 0 Å². The number of alkyl halides is 2. The van der Waals surface area contributed by atoms with E-state index in [1.165, 1.54) is 18.3 Å². The fourth-order valence-electron chi connectivity index (χ4n) is 1.65. The molecule has 2 aromatic rings. The van der Waals surface area contributed by atoms with Gasteiger partial charge in [0.05, 0.1) is 5.56 Å². The summed E-state index contributed by atoms with van der Waals surface area (Å²) in [6.07, 6.45) is -0.313. The highest BCUT2D eigenvalue weighted by molar-refractivity contribution is 5.93. The molecule has 6 heteroatoms. The van der Waals surface area contributed by atoms with E-state index in [1.54, 1.807) is 24.4 Å². The molecule has 0 saturated heterocycles. The number of pyridine rings is 1. The van der Waals surface area contributed by atoms with Crippen LogP contribution in [0, 0.1) is 0 Å². The van der Waals surface area contributed by atoms with E-state index in [4.69, 9.17) is 5.73 Å². The first-order valence-electron chi connectivity index (χ1n) is 5.77. The minimum Gasteiger partial charge on any atom is -0.433 e. The Bertz CT molecular complexity index is 622. The van der Waals surface area contributed by atoms with Crippen molar-refractivity contribution in [1.82, 2.24) is 4.98 Å². The van der Waals surface area contributed by atoms with Crippen molar-refractivity contribution in [3.05, 3.63) is 48.3 Å². The molecular weight excluding hydrogens is 266 g/mol. The Morgan fingerprint density at radius 3 is 2.40 bits per heavy atom. The largest absolute Gasteiger partial charge is 0.433 e. The van der Waals surface area contributed by atoms with Gasteiger partial charge in [-0.1, -0.05) is 12.1 Å². The number of carbonyl (C=O) groups excluding carboxylic acids is 1. The van der Waals surface area contributed by atoms with Crippen molar-refractivity contribution in [1.29, 1.82) is 0 Å². The normalized spacial score (nSPS) is 11.2. The molecule has 1 heterocycles. The maximum atomic E-state index is 12.7. The summed E-state index contributed by atoms with van der Waals surface area (Å²) in [5.41, 5.74) is 6.83. The van der Waals surface area contributed by atoms with Gasteiger partial charge in [0.15, 0.2) is 0 Å². The van der Waals surface area contributed by atoms with Crippen molar-refractivity contribution in [2.45, 2.75) is 13.0 Å². The second-order valence-corrected chi connectivity index (χ2v) is 4.26. The molecule has 1 aromatic heterocycles. The predicted octanol–water partition coefficient (Wildman–Crippen LogP) is 2.84. The molecule has 0 atom stereocenters. The second-order valence-electron chi connectivity index (χ2n) is 4.26. The van der Waals surface area contributed by atoms with E-state index in [0.29, 0.717) is 18.1 Å². The number of ether oxygens (including phenoxy) is 1. The van der Waals surface area contributed by atoms with Crippen molar-refractivity contribution in [2.75, 3.05) is 0 Å². The van der Waals surface area contributed by atoms with Crippen LogP contribution in [0.25, 0.3) is 11.1 Å². The first kappa shape index (κ1) is 13.9. The van der Waals surface area contributed by atoms with E-state index in [2.05, 4.69) is 9.72 Å². The molecular formula is C14H12F2N2O2. The molecule has 0 bridgehead atoms. The molecule has 1 aromatic carbocycles. The van der Waals surface area contributed by atoms with Crippen LogP contribution >= 0.6 is 0 Å². The number of hydrogen-bond donors (Lipinski definition) is 1. The van der Waals surface area contributed by atoms with Crippen LogP contribution in [0.4, 0.5) is 8.78 Å². The van der Waals surface area contributed by atoms with Crippen LogP contribution in [-0.4, -0.2) is 17.0 Å². The number of primary amides is 1. The summed E-state index contributed by atoms with van der Waals surface area (Å²) >= 11 is 0. The molecule has 2 N–H and O–H groups in total. The van der Waals surface area contributed by atoms with Crippen molar-refractivity contribution in [3.63, 3.8) is 0 Å². The van der Waals surface area contributed by atoms with Gasteiger partial charge in [0.2, 0.25) is 5.91 Å². The molecule has 0 fully saturated rings. The van der Waals surface area contributed by atoms with Gasteiger partial charge in [-0.25, -0.2) is 0 Å². The third kappa shape index (κ3) is 3.50. The van der Waals surface area contributed by atoms with Crippen LogP contribution < -0.4 is 10.5 Å². The molecule has 0 aliphatic carbocycles. The predicted molar refractivity (Wildman–Crippen MR) is 69.4 cm³/mol. The zero-order valence-corrected chi connectivity index (χ0v) is 10.6. The zero-order valence-electron chi connectivity index (χ0n) is 10.6. The van der Waals surface area contributed by atoms with Crippen LogP contribution in [0.15, 0.2) is 42.7 Å². The summed E-state index contributed by atoms with van der Waals surface area (Å²) in [6.45, 7) is 0.668. The number of amides is 1. The number of nitrogens with two attached hydrogens (primary N) is 1. The monoisotopic (exact) mass is 278 g/mol. The molecule has 0 radical (unpaired) electrons. The van der Waals surface area contributed by atoms with Gasteiger partial charge in [0, 0.05) is 24.9 Å². The lowest BCUT2D eigenvalue weighted by Crippen LogP contribution is -2.18. The highest BCUT2D eigenvalue weighted by atomic mass is 19.3. The molecule has 0 aliphatic rings. The van der Waals surface area contributed by atoms with E-state index in [9.17, 15) is 13.6 Å². The van der Waals surface area contributed by atoms with Crippen molar-refractivity contribution < 1.29 is 18.3 Å².